The van der Waals surface area contributed by atoms with Gasteiger partial charge in [-0.05, 0) is 49.8 Å². The predicted octanol–water partition coefficient (Wildman–Crippen LogP) is 3.56. The standard InChI is InChI=1S/C26H28FN5O4/c27-20-6-3-4-17-14-29-21(19(24(17)20)5-1-2-13-33)16-31-23-15-28-10-7-22(23)32(25(31)34)18-8-11-30(12-9-18)26(35)36/h3-4,6-7,10,14-15,18,33H,1-2,5,8-9,11-13,16H2,(H,35,36). The highest BCUT2D eigenvalue weighted by Gasteiger charge is 2.27. The number of unbranched alkanes of at least 4 members (excludes halogenated alkanes) is 1. The maximum atomic E-state index is 14.9. The lowest BCUT2D eigenvalue weighted by atomic mass is 9.98. The van der Waals surface area contributed by atoms with Crippen LogP contribution in [0.15, 0.2) is 47.7 Å². The first-order valence-corrected chi connectivity index (χ1v) is 12.2. The largest absolute Gasteiger partial charge is 0.465 e. The Bertz CT molecular complexity index is 1470. The highest BCUT2D eigenvalue weighted by molar-refractivity contribution is 5.86. The molecule has 0 spiro atoms. The van der Waals surface area contributed by atoms with Crippen LogP contribution in [0.3, 0.4) is 0 Å². The highest BCUT2D eigenvalue weighted by Crippen LogP contribution is 2.28. The van der Waals surface area contributed by atoms with Crippen molar-refractivity contribution in [2.45, 2.75) is 44.7 Å². The molecule has 3 aromatic heterocycles. The Kier molecular flexibility index (Phi) is 6.69. The zero-order valence-corrected chi connectivity index (χ0v) is 19.8. The Balaban J connectivity index is 1.58. The summed E-state index contributed by atoms with van der Waals surface area (Å²) in [6, 6.07) is 6.55. The van der Waals surface area contributed by atoms with Crippen LogP contribution in [-0.4, -0.2) is 60.0 Å². The van der Waals surface area contributed by atoms with Gasteiger partial charge in [-0.1, -0.05) is 12.1 Å². The number of benzene rings is 1. The average Bonchev–Trinajstić information content (AvgIpc) is 3.16. The molecule has 10 heteroatoms. The minimum absolute atomic E-state index is 0.0509. The van der Waals surface area contributed by atoms with Crippen LogP contribution in [0.4, 0.5) is 9.18 Å². The van der Waals surface area contributed by atoms with Crippen molar-refractivity contribution in [3.63, 3.8) is 0 Å². The molecule has 9 nitrogen and oxygen atoms in total. The molecular weight excluding hydrogens is 465 g/mol. The van der Waals surface area contributed by atoms with Crippen LogP contribution in [-0.2, 0) is 13.0 Å². The third-order valence-electron chi connectivity index (χ3n) is 7.06. The molecule has 0 unspecified atom stereocenters. The quantitative estimate of drug-likeness (QED) is 0.381. The minimum atomic E-state index is -0.948. The molecule has 4 heterocycles. The fourth-order valence-electron chi connectivity index (χ4n) is 5.25. The van der Waals surface area contributed by atoms with Gasteiger partial charge in [-0.15, -0.1) is 0 Å². The summed E-state index contributed by atoms with van der Waals surface area (Å²) >= 11 is 0. The van der Waals surface area contributed by atoms with E-state index in [2.05, 4.69) is 9.97 Å². The number of aryl methyl sites for hydroxylation is 1. The maximum absolute atomic E-state index is 14.9. The number of carboxylic acid groups (broad SMARTS) is 1. The van der Waals surface area contributed by atoms with Crippen molar-refractivity contribution in [1.29, 1.82) is 0 Å². The van der Waals surface area contributed by atoms with Crippen molar-refractivity contribution in [3.05, 3.63) is 70.4 Å². The molecule has 2 N–H and O–H groups in total. The Labute approximate surface area is 206 Å². The lowest BCUT2D eigenvalue weighted by molar-refractivity contribution is 0.125. The Morgan fingerprint density at radius 1 is 1.11 bits per heavy atom. The molecule has 0 atom stereocenters. The number of rotatable bonds is 7. The summed E-state index contributed by atoms with van der Waals surface area (Å²) < 4.78 is 18.3. The first-order chi connectivity index (χ1) is 17.5. The molecule has 188 valence electrons. The number of hydrogen-bond donors (Lipinski definition) is 2. The zero-order chi connectivity index (χ0) is 25.2. The van der Waals surface area contributed by atoms with Crippen LogP contribution in [0, 0.1) is 5.82 Å². The number of aliphatic hydroxyl groups excluding tert-OH is 1. The molecule has 1 aromatic carbocycles. The van der Waals surface area contributed by atoms with Crippen LogP contribution in [0.2, 0.25) is 0 Å². The number of aliphatic hydroxyl groups is 1. The normalized spacial score (nSPS) is 14.7. The van der Waals surface area contributed by atoms with Gasteiger partial charge in [0.25, 0.3) is 0 Å². The lowest BCUT2D eigenvalue weighted by Gasteiger charge is -2.30. The molecular formula is C26H28FN5O4. The second kappa shape index (κ2) is 10.1. The minimum Gasteiger partial charge on any atom is -0.465 e. The van der Waals surface area contributed by atoms with Gasteiger partial charge in [0, 0.05) is 48.9 Å². The van der Waals surface area contributed by atoms with Gasteiger partial charge in [0.15, 0.2) is 0 Å². The first-order valence-electron chi connectivity index (χ1n) is 12.2. The van der Waals surface area contributed by atoms with Gasteiger partial charge in [0.1, 0.15) is 5.82 Å². The fraction of sp³-hybridized carbons (Fsp3) is 0.385. The monoisotopic (exact) mass is 493 g/mol. The molecule has 36 heavy (non-hydrogen) atoms. The van der Waals surface area contributed by atoms with Crippen LogP contribution in [0.1, 0.15) is 43.0 Å². The van der Waals surface area contributed by atoms with E-state index in [1.165, 1.54) is 11.0 Å². The predicted molar refractivity (Wildman–Crippen MR) is 133 cm³/mol. The van der Waals surface area contributed by atoms with Gasteiger partial charge in [-0.3, -0.25) is 19.1 Å². The van der Waals surface area contributed by atoms with Crippen LogP contribution in [0.5, 0.6) is 0 Å². The summed E-state index contributed by atoms with van der Waals surface area (Å²) in [5, 5.41) is 19.7. The second-order valence-electron chi connectivity index (χ2n) is 9.17. The number of aromatic nitrogens is 4. The van der Waals surface area contributed by atoms with Gasteiger partial charge in [0.2, 0.25) is 0 Å². The van der Waals surface area contributed by atoms with E-state index in [0.29, 0.717) is 67.2 Å². The Morgan fingerprint density at radius 3 is 2.67 bits per heavy atom. The van der Waals surface area contributed by atoms with Crippen molar-refractivity contribution in [1.82, 2.24) is 24.0 Å². The van der Waals surface area contributed by atoms with E-state index < -0.39 is 6.09 Å². The molecule has 0 bridgehead atoms. The van der Waals surface area contributed by atoms with E-state index >= 15 is 0 Å². The molecule has 1 aliphatic rings. The molecule has 1 aliphatic heterocycles. The third kappa shape index (κ3) is 4.32. The molecule has 1 fully saturated rings. The molecule has 0 saturated carbocycles. The molecule has 0 radical (unpaired) electrons. The van der Waals surface area contributed by atoms with Gasteiger partial charge in [-0.2, -0.15) is 0 Å². The molecule has 0 aliphatic carbocycles. The summed E-state index contributed by atoms with van der Waals surface area (Å²) in [6.45, 7) is 0.936. The fourth-order valence-corrected chi connectivity index (χ4v) is 5.25. The average molecular weight is 494 g/mol. The number of imidazole rings is 1. The maximum Gasteiger partial charge on any atom is 0.407 e. The van der Waals surface area contributed by atoms with Crippen molar-refractivity contribution in [3.8, 4) is 0 Å². The summed E-state index contributed by atoms with van der Waals surface area (Å²) in [6.07, 6.45) is 6.83. The lowest BCUT2D eigenvalue weighted by Crippen LogP contribution is -2.40. The molecule has 4 aromatic rings. The summed E-state index contributed by atoms with van der Waals surface area (Å²) in [7, 11) is 0. The van der Waals surface area contributed by atoms with E-state index in [1.54, 1.807) is 39.9 Å². The van der Waals surface area contributed by atoms with Crippen LogP contribution < -0.4 is 5.69 Å². The number of nitrogens with zero attached hydrogens (tertiary/aromatic N) is 5. The summed E-state index contributed by atoms with van der Waals surface area (Å²) in [5.74, 6) is -0.336. The molecule has 1 saturated heterocycles. The van der Waals surface area contributed by atoms with E-state index in [4.69, 9.17) is 0 Å². The van der Waals surface area contributed by atoms with Crippen LogP contribution >= 0.6 is 0 Å². The third-order valence-corrected chi connectivity index (χ3v) is 7.06. The number of likely N-dealkylation sites (tertiary alicyclic amines) is 1. The number of carbonyl (C=O) groups is 1. The summed E-state index contributed by atoms with van der Waals surface area (Å²) in [4.78, 5) is 35.3. The van der Waals surface area contributed by atoms with E-state index in [0.717, 1.165) is 11.1 Å². The first kappa shape index (κ1) is 23.9. The molecule has 1 amide bonds. The van der Waals surface area contributed by atoms with Crippen molar-refractivity contribution < 1.29 is 19.4 Å². The number of fused-ring (bicyclic) bond motifs is 2. The number of piperidine rings is 1. The van der Waals surface area contributed by atoms with E-state index in [1.807, 2.05) is 6.07 Å². The summed E-state index contributed by atoms with van der Waals surface area (Å²) in [5.41, 5.74) is 2.52. The highest BCUT2D eigenvalue weighted by atomic mass is 19.1. The number of hydrogen-bond acceptors (Lipinski definition) is 5. The van der Waals surface area contributed by atoms with E-state index in [9.17, 15) is 24.2 Å². The Morgan fingerprint density at radius 2 is 1.92 bits per heavy atom. The topological polar surface area (TPSA) is 113 Å². The van der Waals surface area contributed by atoms with Gasteiger partial charge < -0.3 is 15.1 Å². The van der Waals surface area contributed by atoms with Crippen molar-refractivity contribution in [2.75, 3.05) is 19.7 Å². The smallest absolute Gasteiger partial charge is 0.407 e. The van der Waals surface area contributed by atoms with Crippen LogP contribution in [0.25, 0.3) is 21.8 Å². The van der Waals surface area contributed by atoms with Crippen molar-refractivity contribution >= 4 is 27.9 Å². The van der Waals surface area contributed by atoms with Gasteiger partial charge in [-0.25, -0.2) is 14.0 Å². The van der Waals surface area contributed by atoms with E-state index in [-0.39, 0.29) is 30.7 Å². The van der Waals surface area contributed by atoms with Gasteiger partial charge in [0.05, 0.1) is 29.5 Å². The number of halogens is 1. The number of pyridine rings is 2. The SMILES string of the molecule is O=C(O)N1CCC(n2c(=O)n(Cc3ncc4cccc(F)c4c3CCCCO)c3cnccc32)CC1. The number of amides is 1. The molecule has 5 rings (SSSR count). The van der Waals surface area contributed by atoms with Crippen molar-refractivity contribution in [2.24, 2.45) is 0 Å². The zero-order valence-electron chi connectivity index (χ0n) is 19.8. The van der Waals surface area contributed by atoms with Gasteiger partial charge >= 0.3 is 11.8 Å². The second-order valence-corrected chi connectivity index (χ2v) is 9.17. The Hall–Kier alpha value is -3.79.